The summed E-state index contributed by atoms with van der Waals surface area (Å²) in [6, 6.07) is 0. The predicted octanol–water partition coefficient (Wildman–Crippen LogP) is 1.06. The molecule has 0 spiro atoms. The molecule has 5 N–H and O–H groups in total. The summed E-state index contributed by atoms with van der Waals surface area (Å²) in [5, 5.41) is 26.9. The molecule has 0 aromatic carbocycles. The lowest BCUT2D eigenvalue weighted by atomic mass is 10.1. The van der Waals surface area contributed by atoms with E-state index in [0.717, 1.165) is 12.8 Å². The molecule has 6 nitrogen and oxygen atoms in total. The normalized spacial score (nSPS) is 14.6. The van der Waals surface area contributed by atoms with Crippen molar-refractivity contribution >= 4 is 11.5 Å². The molecule has 0 bridgehead atoms. The molecule has 19 heavy (non-hydrogen) atoms. The van der Waals surface area contributed by atoms with Gasteiger partial charge in [-0.3, -0.25) is 0 Å². The molecule has 0 saturated heterocycles. The van der Waals surface area contributed by atoms with Gasteiger partial charge in [-0.25, -0.2) is 4.68 Å². The smallest absolute Gasteiger partial charge is 0.147 e. The molecule has 0 aliphatic carbocycles. The van der Waals surface area contributed by atoms with Gasteiger partial charge >= 0.3 is 0 Å². The molecular weight excluding hydrogens is 244 g/mol. The molecule has 0 fully saturated rings. The molecule has 1 aromatic rings. The van der Waals surface area contributed by atoms with Gasteiger partial charge in [0.05, 0.1) is 30.6 Å². The van der Waals surface area contributed by atoms with Crippen LogP contribution in [0.4, 0.5) is 11.5 Å². The summed E-state index contributed by atoms with van der Waals surface area (Å²) < 4.78 is 1.66. The second-order valence-corrected chi connectivity index (χ2v) is 5.27. The number of nitrogens with zero attached hydrogens (tertiary/aromatic N) is 2. The maximum atomic E-state index is 9.82. The quantitative estimate of drug-likeness (QED) is 0.566. The molecule has 0 aliphatic heterocycles. The van der Waals surface area contributed by atoms with Crippen molar-refractivity contribution in [3.05, 3.63) is 6.20 Å². The summed E-state index contributed by atoms with van der Waals surface area (Å²) in [5.41, 5.74) is 6.37. The molecule has 1 aromatic heterocycles. The Hall–Kier alpha value is -1.27. The standard InChI is InChI=1S/C13H26N4O2/c1-4-5-10(18)8-17-13(11(14)6-16-17)15-7-12(19)9(2)3/h6,9-10,12,15,18-19H,4-5,7-8,14H2,1-3H3. The number of anilines is 2. The van der Waals surface area contributed by atoms with E-state index in [2.05, 4.69) is 10.4 Å². The molecule has 0 amide bonds. The Morgan fingerprint density at radius 2 is 2.11 bits per heavy atom. The minimum Gasteiger partial charge on any atom is -0.394 e. The Kier molecular flexibility index (Phi) is 6.11. The highest BCUT2D eigenvalue weighted by atomic mass is 16.3. The molecule has 0 radical (unpaired) electrons. The van der Waals surface area contributed by atoms with Gasteiger partial charge in [0.2, 0.25) is 0 Å². The largest absolute Gasteiger partial charge is 0.394 e. The van der Waals surface area contributed by atoms with Gasteiger partial charge in [0.25, 0.3) is 0 Å². The Bertz CT molecular complexity index is 379. The second-order valence-electron chi connectivity index (χ2n) is 5.27. The zero-order valence-electron chi connectivity index (χ0n) is 12.0. The zero-order chi connectivity index (χ0) is 14.4. The van der Waals surface area contributed by atoms with Gasteiger partial charge in [0.15, 0.2) is 0 Å². The van der Waals surface area contributed by atoms with Crippen LogP contribution >= 0.6 is 0 Å². The van der Waals surface area contributed by atoms with Gasteiger partial charge in [-0.15, -0.1) is 0 Å². The Balaban J connectivity index is 2.64. The third kappa shape index (κ3) is 4.72. The first kappa shape index (κ1) is 15.8. The van der Waals surface area contributed by atoms with Crippen LogP contribution in [-0.2, 0) is 6.54 Å². The topological polar surface area (TPSA) is 96.3 Å². The highest BCUT2D eigenvalue weighted by Crippen LogP contribution is 2.19. The van der Waals surface area contributed by atoms with Crippen LogP contribution < -0.4 is 11.1 Å². The zero-order valence-corrected chi connectivity index (χ0v) is 12.0. The molecule has 2 atom stereocenters. The van der Waals surface area contributed by atoms with Crippen LogP contribution in [0.1, 0.15) is 33.6 Å². The average molecular weight is 270 g/mol. The van der Waals surface area contributed by atoms with E-state index in [1.165, 1.54) is 0 Å². The lowest BCUT2D eigenvalue weighted by molar-refractivity contribution is 0.135. The number of aromatic nitrogens is 2. The summed E-state index contributed by atoms with van der Waals surface area (Å²) >= 11 is 0. The summed E-state index contributed by atoms with van der Waals surface area (Å²) in [7, 11) is 0. The van der Waals surface area contributed by atoms with Crippen LogP contribution in [0.15, 0.2) is 6.20 Å². The first-order chi connectivity index (χ1) is 8.95. The number of hydrogen-bond donors (Lipinski definition) is 4. The molecule has 1 rings (SSSR count). The molecule has 2 unspecified atom stereocenters. The van der Waals surface area contributed by atoms with Crippen molar-refractivity contribution in [3.63, 3.8) is 0 Å². The van der Waals surface area contributed by atoms with E-state index in [-0.39, 0.29) is 5.92 Å². The summed E-state index contributed by atoms with van der Waals surface area (Å²) in [5.74, 6) is 0.839. The minimum atomic E-state index is -0.441. The van der Waals surface area contributed by atoms with Gasteiger partial charge < -0.3 is 21.3 Å². The van der Waals surface area contributed by atoms with Crippen molar-refractivity contribution < 1.29 is 10.2 Å². The van der Waals surface area contributed by atoms with E-state index in [9.17, 15) is 10.2 Å². The Labute approximate surface area is 114 Å². The minimum absolute atomic E-state index is 0.177. The second kappa shape index (κ2) is 7.35. The maximum absolute atomic E-state index is 9.82. The molecule has 110 valence electrons. The van der Waals surface area contributed by atoms with Crippen molar-refractivity contribution in [2.75, 3.05) is 17.6 Å². The first-order valence-electron chi connectivity index (χ1n) is 6.87. The van der Waals surface area contributed by atoms with Crippen molar-refractivity contribution in [2.45, 2.75) is 52.4 Å². The number of nitrogens with one attached hydrogen (secondary N) is 1. The third-order valence-electron chi connectivity index (χ3n) is 3.12. The van der Waals surface area contributed by atoms with Crippen molar-refractivity contribution in [1.29, 1.82) is 0 Å². The van der Waals surface area contributed by atoms with Crippen LogP contribution in [0.5, 0.6) is 0 Å². The fraction of sp³-hybridized carbons (Fsp3) is 0.769. The lowest BCUT2D eigenvalue weighted by Gasteiger charge is -2.18. The lowest BCUT2D eigenvalue weighted by Crippen LogP contribution is -2.27. The molecule has 1 heterocycles. The van der Waals surface area contributed by atoms with Crippen LogP contribution in [0.25, 0.3) is 0 Å². The van der Waals surface area contributed by atoms with Crippen LogP contribution in [-0.4, -0.2) is 38.7 Å². The highest BCUT2D eigenvalue weighted by Gasteiger charge is 2.14. The highest BCUT2D eigenvalue weighted by molar-refractivity contribution is 5.60. The molecule has 0 saturated carbocycles. The fourth-order valence-corrected chi connectivity index (χ4v) is 1.79. The van der Waals surface area contributed by atoms with Gasteiger partial charge in [-0.2, -0.15) is 5.10 Å². The van der Waals surface area contributed by atoms with Crippen LogP contribution in [0.3, 0.4) is 0 Å². The number of aliphatic hydroxyl groups excluding tert-OH is 2. The van der Waals surface area contributed by atoms with E-state index in [0.29, 0.717) is 24.6 Å². The molecule has 6 heteroatoms. The predicted molar refractivity (Wildman–Crippen MR) is 76.9 cm³/mol. The SMILES string of the molecule is CCCC(O)Cn1ncc(N)c1NCC(O)C(C)C. The van der Waals surface area contributed by atoms with Gasteiger partial charge in [0, 0.05) is 6.54 Å². The van der Waals surface area contributed by atoms with Crippen molar-refractivity contribution in [1.82, 2.24) is 9.78 Å². The fourth-order valence-electron chi connectivity index (χ4n) is 1.79. The monoisotopic (exact) mass is 270 g/mol. The first-order valence-corrected chi connectivity index (χ1v) is 6.87. The van der Waals surface area contributed by atoms with Crippen molar-refractivity contribution in [2.24, 2.45) is 5.92 Å². The molecular formula is C13H26N4O2. The molecule has 0 aliphatic rings. The maximum Gasteiger partial charge on any atom is 0.147 e. The van der Waals surface area contributed by atoms with Gasteiger partial charge in [-0.1, -0.05) is 27.2 Å². The Morgan fingerprint density at radius 3 is 2.68 bits per heavy atom. The summed E-state index contributed by atoms with van der Waals surface area (Å²) in [6.07, 6.45) is 2.34. The van der Waals surface area contributed by atoms with Gasteiger partial charge in [-0.05, 0) is 12.3 Å². The summed E-state index contributed by atoms with van der Waals surface area (Å²) in [6.45, 7) is 6.76. The van der Waals surface area contributed by atoms with E-state index in [1.807, 2.05) is 20.8 Å². The van der Waals surface area contributed by atoms with E-state index in [4.69, 9.17) is 5.73 Å². The van der Waals surface area contributed by atoms with E-state index >= 15 is 0 Å². The summed E-state index contributed by atoms with van der Waals surface area (Å²) in [4.78, 5) is 0. The van der Waals surface area contributed by atoms with Crippen molar-refractivity contribution in [3.8, 4) is 0 Å². The van der Waals surface area contributed by atoms with Gasteiger partial charge in [0.1, 0.15) is 5.82 Å². The number of rotatable bonds is 8. The third-order valence-corrected chi connectivity index (χ3v) is 3.12. The number of hydrogen-bond acceptors (Lipinski definition) is 5. The Morgan fingerprint density at radius 1 is 1.42 bits per heavy atom. The number of nitrogens with two attached hydrogens (primary N) is 1. The average Bonchev–Trinajstić information content (AvgIpc) is 2.67. The number of nitrogen functional groups attached to an aromatic ring is 1. The number of aliphatic hydroxyl groups is 2. The van der Waals surface area contributed by atoms with E-state index < -0.39 is 12.2 Å². The van der Waals surface area contributed by atoms with E-state index in [1.54, 1.807) is 10.9 Å². The van der Waals surface area contributed by atoms with Crippen LogP contribution in [0.2, 0.25) is 0 Å². The van der Waals surface area contributed by atoms with Crippen LogP contribution in [0, 0.1) is 5.92 Å².